The van der Waals surface area contributed by atoms with Crippen LogP contribution in [0.5, 0.6) is 0 Å². The normalized spacial score (nSPS) is 11.6. The average molecular weight is 655 g/mol. The van der Waals surface area contributed by atoms with Crippen LogP contribution in [-0.2, 0) is 16.0 Å². The first-order valence-electron chi connectivity index (χ1n) is 14.1. The van der Waals surface area contributed by atoms with E-state index in [0.29, 0.717) is 35.6 Å². The third kappa shape index (κ3) is 12.6. The number of nitrogens with two attached hydrogens (primary N) is 1. The Morgan fingerprint density at radius 3 is 1.86 bits per heavy atom. The van der Waals surface area contributed by atoms with E-state index < -0.39 is 0 Å². The third-order valence-corrected chi connectivity index (χ3v) is 9.32. The van der Waals surface area contributed by atoms with E-state index >= 15 is 0 Å². The molecule has 0 bridgehead atoms. The lowest BCUT2D eigenvalue weighted by molar-refractivity contribution is -0.887. The predicted octanol–water partition coefficient (Wildman–Crippen LogP) is 3.97. The van der Waals surface area contributed by atoms with Gasteiger partial charge in [-0.3, -0.25) is 9.59 Å². The van der Waals surface area contributed by atoms with Crippen molar-refractivity contribution in [2.24, 2.45) is 0 Å². The topological polar surface area (TPSA) is 177 Å². The van der Waals surface area contributed by atoms with Crippen LogP contribution in [0.3, 0.4) is 0 Å². The van der Waals surface area contributed by atoms with Crippen LogP contribution in [-0.4, -0.2) is 113 Å². The largest absolute Gasteiger partial charge is 0.393 e. The van der Waals surface area contributed by atoms with E-state index in [1.54, 1.807) is 18.2 Å². The first-order chi connectivity index (χ1) is 20.5. The zero-order chi connectivity index (χ0) is 33.1. The van der Waals surface area contributed by atoms with Gasteiger partial charge in [0.15, 0.2) is 0 Å². The number of quaternary nitrogens is 2. The minimum atomic E-state index is -0.286. The van der Waals surface area contributed by atoms with Crippen molar-refractivity contribution in [1.29, 1.82) is 0 Å². The number of carbonyl (C=O) groups excluding carboxylic acids is 2. The van der Waals surface area contributed by atoms with E-state index in [2.05, 4.69) is 44.1 Å². The van der Waals surface area contributed by atoms with Crippen LogP contribution < -0.4 is 21.7 Å². The molecule has 0 aliphatic carbocycles. The molecule has 0 aliphatic rings. The summed E-state index contributed by atoms with van der Waals surface area (Å²) in [5.74, 6) is 1.34. The molecule has 0 spiro atoms. The van der Waals surface area contributed by atoms with Gasteiger partial charge in [0.2, 0.25) is 11.8 Å². The molecule has 0 saturated heterocycles. The minimum absolute atomic E-state index is 0.0285. The summed E-state index contributed by atoms with van der Waals surface area (Å²) in [4.78, 5) is 45.5. The molecule has 0 fully saturated rings. The lowest BCUT2D eigenvalue weighted by atomic mass is 10.1. The molecule has 2 aromatic rings. The lowest BCUT2D eigenvalue weighted by Gasteiger charge is -2.30. The summed E-state index contributed by atoms with van der Waals surface area (Å²) in [7, 11) is 12.2. The van der Waals surface area contributed by atoms with Crippen LogP contribution in [0.25, 0.3) is 0 Å². The molecule has 0 radical (unpaired) electrons. The van der Waals surface area contributed by atoms with Gasteiger partial charge >= 0.3 is 11.4 Å². The molecule has 0 aromatic heterocycles. The molecular formula is C28H46N8O6S2+4. The first kappa shape index (κ1) is 36.6. The summed E-state index contributed by atoms with van der Waals surface area (Å²) in [6.45, 7) is 6.71. The molecule has 0 atom stereocenters. The van der Waals surface area contributed by atoms with Crippen molar-refractivity contribution in [3.63, 3.8) is 0 Å². The number of nitrogens with zero attached hydrogens (tertiary/aromatic N) is 4. The first-order valence-corrected chi connectivity index (χ1v) is 16.5. The number of carbonyl (C=O) groups is 2. The Hall–Kier alpha value is -3.60. The Bertz CT molecular complexity index is 1360. The summed E-state index contributed by atoms with van der Waals surface area (Å²) in [6, 6.07) is 7.82. The van der Waals surface area contributed by atoms with Crippen molar-refractivity contribution < 1.29 is 38.8 Å². The summed E-state index contributed by atoms with van der Waals surface area (Å²) < 4.78 is 1.49. The highest BCUT2D eigenvalue weighted by Crippen LogP contribution is 2.31. The van der Waals surface area contributed by atoms with E-state index in [1.165, 1.54) is 26.0 Å². The van der Waals surface area contributed by atoms with Gasteiger partial charge in [0.05, 0.1) is 82.2 Å². The zero-order valence-electron chi connectivity index (χ0n) is 26.3. The van der Waals surface area contributed by atoms with E-state index in [1.807, 2.05) is 21.6 Å². The van der Waals surface area contributed by atoms with Crippen LogP contribution in [0, 0.1) is 9.81 Å². The van der Waals surface area contributed by atoms with Crippen molar-refractivity contribution in [2.75, 3.05) is 94.1 Å². The SMILES string of the molecule is CC(=O)Nc1ccc(NCC[N+](C)(C)CCSSCC[N+](C)(C)CCc2cc(NC(C)=O)cc([N+](=O)O)c2N)c([N+](=O)O)c1. The van der Waals surface area contributed by atoms with E-state index in [0.717, 1.165) is 46.7 Å². The van der Waals surface area contributed by atoms with Gasteiger partial charge in [-0.2, -0.15) is 0 Å². The molecule has 0 aliphatic heterocycles. The van der Waals surface area contributed by atoms with Crippen molar-refractivity contribution in [3.8, 4) is 0 Å². The highest BCUT2D eigenvalue weighted by Gasteiger charge is 2.24. The standard InChI is InChI=1S/C28H44N8O6S2/c1-20(37)31-23-7-8-25(26(18-23)33(39)40)30-10-12-36(5,6)14-16-44-43-15-13-35(3,4)11-9-22-17-24(32-21(2)38)19-27(28(22)29)34(41)42/h7-8,17-19,30H,9-16,29H2,1-6H3,(H2-2,31,32,37,38,39,40,41,42)/q+2/p+2. The Labute approximate surface area is 266 Å². The van der Waals surface area contributed by atoms with Gasteiger partial charge in [0.1, 0.15) is 11.4 Å². The monoisotopic (exact) mass is 654 g/mol. The maximum Gasteiger partial charge on any atom is 0.341 e. The van der Waals surface area contributed by atoms with Crippen molar-refractivity contribution in [2.45, 2.75) is 20.3 Å². The second-order valence-corrected chi connectivity index (χ2v) is 14.5. The molecule has 7 N–H and O–H groups in total. The van der Waals surface area contributed by atoms with Crippen LogP contribution in [0.2, 0.25) is 0 Å². The van der Waals surface area contributed by atoms with E-state index in [4.69, 9.17) is 5.73 Å². The number of hydrogen-bond donors (Lipinski definition) is 6. The smallest absolute Gasteiger partial charge is 0.341 e. The van der Waals surface area contributed by atoms with Gasteiger partial charge < -0.3 is 30.7 Å². The number of hydrogen-bond acceptors (Lipinski definition) is 8. The van der Waals surface area contributed by atoms with E-state index in [9.17, 15) is 29.8 Å². The zero-order valence-corrected chi connectivity index (χ0v) is 27.9. The molecule has 2 rings (SSSR count). The maximum atomic E-state index is 11.6. The summed E-state index contributed by atoms with van der Waals surface area (Å²) >= 11 is 0. The molecule has 242 valence electrons. The number of nitrogen functional groups attached to an aromatic ring is 1. The van der Waals surface area contributed by atoms with Gasteiger partial charge in [-0.1, -0.05) is 21.6 Å². The molecule has 0 unspecified atom stereocenters. The Morgan fingerprint density at radius 1 is 0.795 bits per heavy atom. The van der Waals surface area contributed by atoms with Crippen LogP contribution in [0.4, 0.5) is 34.1 Å². The Kier molecular flexibility index (Phi) is 13.7. The van der Waals surface area contributed by atoms with Gasteiger partial charge in [0.25, 0.3) is 9.85 Å². The van der Waals surface area contributed by atoms with Gasteiger partial charge in [-0.25, -0.2) is 10.4 Å². The summed E-state index contributed by atoms with van der Waals surface area (Å²) in [5.41, 5.74) is 8.25. The van der Waals surface area contributed by atoms with Gasteiger partial charge in [0, 0.05) is 43.8 Å². The molecule has 16 heteroatoms. The number of amides is 2. The number of rotatable bonds is 18. The van der Waals surface area contributed by atoms with Gasteiger partial charge in [-0.05, 0) is 23.8 Å². The Balaban J connectivity index is 1.76. The van der Waals surface area contributed by atoms with Crippen molar-refractivity contribution >= 4 is 67.5 Å². The van der Waals surface area contributed by atoms with Crippen LogP contribution in [0.15, 0.2) is 30.3 Å². The van der Waals surface area contributed by atoms with Crippen molar-refractivity contribution in [3.05, 3.63) is 45.7 Å². The second-order valence-electron chi connectivity index (χ2n) is 11.8. The number of nitrogens with one attached hydrogen (secondary N) is 3. The van der Waals surface area contributed by atoms with Crippen LogP contribution in [0.1, 0.15) is 19.4 Å². The lowest BCUT2D eigenvalue weighted by Crippen LogP contribution is -2.44. The molecule has 2 aromatic carbocycles. The quantitative estimate of drug-likeness (QED) is 0.0453. The Morgan fingerprint density at radius 2 is 1.32 bits per heavy atom. The summed E-state index contributed by atoms with van der Waals surface area (Å²) in [5, 5.41) is 27.4. The molecule has 0 heterocycles. The fourth-order valence-corrected chi connectivity index (χ4v) is 6.81. The number of benzene rings is 2. The summed E-state index contributed by atoms with van der Waals surface area (Å²) in [6.07, 6.45) is 0.566. The average Bonchev–Trinajstić information content (AvgIpc) is 2.90. The van der Waals surface area contributed by atoms with Crippen LogP contribution >= 0.6 is 21.6 Å². The third-order valence-electron chi connectivity index (χ3n) is 6.96. The molecule has 14 nitrogen and oxygen atoms in total. The maximum absolute atomic E-state index is 11.6. The van der Waals surface area contributed by atoms with Gasteiger partial charge in [-0.15, -0.1) is 0 Å². The number of likely N-dealkylation sites (N-methyl/N-ethyl adjacent to an activating group) is 2. The predicted molar refractivity (Wildman–Crippen MR) is 177 cm³/mol. The second kappa shape index (κ2) is 16.5. The molecule has 2 amide bonds. The number of anilines is 4. The molecular weight excluding hydrogens is 608 g/mol. The van der Waals surface area contributed by atoms with Crippen molar-refractivity contribution in [1.82, 2.24) is 0 Å². The molecule has 0 saturated carbocycles. The van der Waals surface area contributed by atoms with E-state index in [-0.39, 0.29) is 38.7 Å². The molecule has 44 heavy (non-hydrogen) atoms. The fourth-order valence-electron chi connectivity index (χ4n) is 4.28. The highest BCUT2D eigenvalue weighted by atomic mass is 33.1. The highest BCUT2D eigenvalue weighted by molar-refractivity contribution is 8.76. The fraction of sp³-hybridized carbons (Fsp3) is 0.500. The minimum Gasteiger partial charge on any atom is -0.393 e.